The molecule has 0 aromatic heterocycles. The highest BCUT2D eigenvalue weighted by atomic mass is 16.5. The molecule has 0 heterocycles. The Morgan fingerprint density at radius 2 is 1.59 bits per heavy atom. The minimum Gasteiger partial charge on any atom is -0.508 e. The maximum absolute atomic E-state index is 12.9. The van der Waals surface area contributed by atoms with E-state index in [1.54, 1.807) is 30.3 Å². The maximum Gasteiger partial charge on any atom is 0.330 e. The van der Waals surface area contributed by atoms with Crippen LogP contribution >= 0.6 is 0 Å². The summed E-state index contributed by atoms with van der Waals surface area (Å²) in [4.78, 5) is 25.8. The minimum atomic E-state index is -1.02. The Labute approximate surface area is 274 Å². The van der Waals surface area contributed by atoms with E-state index in [2.05, 4.69) is 40.7 Å². The number of ether oxygens (including phenoxy) is 1. The fraction of sp³-hybridized carbons (Fsp3) is 0.692. The van der Waals surface area contributed by atoms with Crippen molar-refractivity contribution in [1.82, 2.24) is 0 Å². The lowest BCUT2D eigenvalue weighted by Gasteiger charge is -2.71. The van der Waals surface area contributed by atoms with Crippen molar-refractivity contribution in [2.45, 2.75) is 112 Å². The topological polar surface area (TPSA) is 124 Å². The first-order chi connectivity index (χ1) is 21.4. The Kier molecular flexibility index (Phi) is 7.92. The van der Waals surface area contributed by atoms with Crippen molar-refractivity contribution in [2.24, 2.45) is 50.2 Å². The fourth-order valence-electron chi connectivity index (χ4n) is 11.8. The summed E-state index contributed by atoms with van der Waals surface area (Å²) in [5, 5.41) is 43.1. The van der Waals surface area contributed by atoms with E-state index in [0.717, 1.165) is 50.5 Å². The summed E-state index contributed by atoms with van der Waals surface area (Å²) in [7, 11) is 0. The predicted molar refractivity (Wildman–Crippen MR) is 176 cm³/mol. The first kappa shape index (κ1) is 33.3. The molecule has 0 unspecified atom stereocenters. The number of phenols is 1. The summed E-state index contributed by atoms with van der Waals surface area (Å²) >= 11 is 0. The van der Waals surface area contributed by atoms with Gasteiger partial charge in [0.2, 0.25) is 0 Å². The first-order valence-electron chi connectivity index (χ1n) is 17.4. The molecule has 10 atom stereocenters. The zero-order valence-corrected chi connectivity index (χ0v) is 28.5. The average molecular weight is 635 g/mol. The maximum atomic E-state index is 12.9. The van der Waals surface area contributed by atoms with Gasteiger partial charge in [-0.15, -0.1) is 0 Å². The monoisotopic (exact) mass is 634 g/mol. The van der Waals surface area contributed by atoms with Crippen LogP contribution in [0.5, 0.6) is 5.75 Å². The van der Waals surface area contributed by atoms with Crippen molar-refractivity contribution >= 4 is 18.0 Å². The molecule has 252 valence electrons. The van der Waals surface area contributed by atoms with E-state index in [9.17, 15) is 30.0 Å². The number of hydrogen-bond donors (Lipinski definition) is 4. The predicted octanol–water partition coefficient (Wildman–Crippen LogP) is 7.15. The number of carbonyl (C=O) groups excluding carboxylic acids is 1. The molecule has 4 fully saturated rings. The van der Waals surface area contributed by atoms with E-state index in [-0.39, 0.29) is 51.8 Å². The summed E-state index contributed by atoms with van der Waals surface area (Å²) in [6.45, 7) is 13.7. The molecule has 0 radical (unpaired) electrons. The van der Waals surface area contributed by atoms with Gasteiger partial charge in [-0.2, -0.15) is 0 Å². The third-order valence-corrected chi connectivity index (χ3v) is 14.6. The number of aliphatic carboxylic acids is 1. The fourth-order valence-corrected chi connectivity index (χ4v) is 11.8. The van der Waals surface area contributed by atoms with Gasteiger partial charge in [0.1, 0.15) is 5.75 Å². The summed E-state index contributed by atoms with van der Waals surface area (Å²) in [6.07, 6.45) is 10.7. The smallest absolute Gasteiger partial charge is 0.330 e. The largest absolute Gasteiger partial charge is 0.508 e. The molecular weight excluding hydrogens is 580 g/mol. The van der Waals surface area contributed by atoms with Gasteiger partial charge < -0.3 is 25.2 Å². The number of carboxylic acids is 1. The minimum absolute atomic E-state index is 0.00428. The van der Waals surface area contributed by atoms with E-state index in [0.29, 0.717) is 12.8 Å². The van der Waals surface area contributed by atoms with Gasteiger partial charge in [0.25, 0.3) is 0 Å². The second kappa shape index (κ2) is 10.9. The number of carboxylic acid groups (broad SMARTS) is 1. The van der Waals surface area contributed by atoms with Crippen LogP contribution in [0.2, 0.25) is 0 Å². The number of carbonyl (C=O) groups is 2. The van der Waals surface area contributed by atoms with Gasteiger partial charge in [0, 0.05) is 11.5 Å². The Balaban J connectivity index is 1.30. The molecule has 0 spiro atoms. The number of aliphatic hydroxyl groups is 2. The number of fused-ring (bicyclic) bond motifs is 7. The molecule has 5 aliphatic carbocycles. The van der Waals surface area contributed by atoms with Gasteiger partial charge in [-0.25, -0.2) is 4.79 Å². The van der Waals surface area contributed by atoms with Crippen LogP contribution in [0, 0.1) is 50.2 Å². The zero-order valence-electron chi connectivity index (χ0n) is 28.5. The van der Waals surface area contributed by atoms with Gasteiger partial charge in [-0.1, -0.05) is 65.3 Å². The Hall–Kier alpha value is -2.64. The summed E-state index contributed by atoms with van der Waals surface area (Å²) in [5.74, 6) is -0.702. The Bertz CT molecular complexity index is 1440. The van der Waals surface area contributed by atoms with Crippen LogP contribution in [0.3, 0.4) is 0 Å². The van der Waals surface area contributed by atoms with Crippen molar-refractivity contribution in [3.8, 4) is 5.75 Å². The van der Waals surface area contributed by atoms with Gasteiger partial charge >= 0.3 is 11.9 Å². The van der Waals surface area contributed by atoms with Crippen molar-refractivity contribution in [3.63, 3.8) is 0 Å². The second-order valence-electron chi connectivity index (χ2n) is 17.4. The molecular formula is C39H54O7. The molecule has 1 aromatic rings. The highest BCUT2D eigenvalue weighted by Crippen LogP contribution is 2.75. The normalized spacial score (nSPS) is 44.6. The van der Waals surface area contributed by atoms with E-state index in [1.165, 1.54) is 11.6 Å². The quantitative estimate of drug-likeness (QED) is 0.154. The molecule has 0 aliphatic heterocycles. The SMILES string of the molecule is CC1(C)CC[C@]2(C(=O)O)CC[C@]3(C)C(=CC[C@@H]4[C@@]5(C)C[C@@H](O)[C@@H](O)[C@@](C)(COC(=O)C=Cc6ccc(O)cc6)[C@@H]5CC[C@]43C)[C@H]2C1. The van der Waals surface area contributed by atoms with Crippen molar-refractivity contribution in [1.29, 1.82) is 0 Å². The van der Waals surface area contributed by atoms with Crippen molar-refractivity contribution in [3.05, 3.63) is 47.6 Å². The number of esters is 1. The summed E-state index contributed by atoms with van der Waals surface area (Å²) < 4.78 is 5.81. The number of phenolic OH excluding ortho intramolecular Hbond substituents is 1. The lowest BCUT2D eigenvalue weighted by Crippen LogP contribution is -2.68. The van der Waals surface area contributed by atoms with Crippen molar-refractivity contribution in [2.75, 3.05) is 6.61 Å². The van der Waals surface area contributed by atoms with E-state index >= 15 is 0 Å². The van der Waals surface area contributed by atoms with Crippen LogP contribution in [-0.4, -0.2) is 51.2 Å². The molecule has 0 amide bonds. The molecule has 0 saturated heterocycles. The van der Waals surface area contributed by atoms with E-state index < -0.39 is 35.0 Å². The second-order valence-corrected chi connectivity index (χ2v) is 17.4. The first-order valence-corrected chi connectivity index (χ1v) is 17.4. The third-order valence-electron chi connectivity index (χ3n) is 14.6. The van der Waals surface area contributed by atoms with Gasteiger partial charge in [0.05, 0.1) is 24.2 Å². The van der Waals surface area contributed by atoms with Crippen LogP contribution in [-0.2, 0) is 14.3 Å². The molecule has 46 heavy (non-hydrogen) atoms. The van der Waals surface area contributed by atoms with Gasteiger partial charge in [-0.05, 0) is 121 Å². The van der Waals surface area contributed by atoms with Crippen LogP contribution < -0.4 is 0 Å². The Morgan fingerprint density at radius 1 is 0.913 bits per heavy atom. The molecule has 1 aromatic carbocycles. The lowest BCUT2D eigenvalue weighted by molar-refractivity contribution is -0.245. The Morgan fingerprint density at radius 3 is 2.26 bits per heavy atom. The zero-order chi connectivity index (χ0) is 33.5. The lowest BCUT2D eigenvalue weighted by atomic mass is 9.33. The third kappa shape index (κ3) is 4.81. The molecule has 7 heteroatoms. The highest BCUT2D eigenvalue weighted by Gasteiger charge is 2.70. The summed E-state index contributed by atoms with van der Waals surface area (Å²) in [6, 6.07) is 6.53. The number of benzene rings is 1. The number of allylic oxidation sites excluding steroid dienone is 2. The van der Waals surface area contributed by atoms with E-state index in [1.807, 2.05) is 6.92 Å². The molecule has 4 N–H and O–H groups in total. The highest BCUT2D eigenvalue weighted by molar-refractivity contribution is 5.87. The number of rotatable bonds is 5. The standard InChI is InChI=1S/C39H54O7/c1-34(2)17-19-39(33(44)45)20-18-37(5)26(27(39)21-34)12-13-30-35(3)22-28(41)32(43)36(4,29(35)15-16-38(30,37)6)23-46-31(42)14-9-24-7-10-25(40)11-8-24/h7-12,14,27-30,32,40-41,43H,13,15-23H2,1-6H3,(H,44,45)/t27-,28-,29-,30-,32-,35+,36+,37-,38-,39+/m1/s1. The number of aromatic hydroxyl groups is 1. The van der Waals surface area contributed by atoms with Crippen LogP contribution in [0.1, 0.15) is 105 Å². The van der Waals surface area contributed by atoms with Gasteiger partial charge in [0.15, 0.2) is 0 Å². The number of hydrogen-bond acceptors (Lipinski definition) is 6. The average Bonchev–Trinajstić information content (AvgIpc) is 2.98. The van der Waals surface area contributed by atoms with Crippen LogP contribution in [0.25, 0.3) is 6.08 Å². The van der Waals surface area contributed by atoms with Crippen LogP contribution in [0.15, 0.2) is 42.0 Å². The molecule has 0 bridgehead atoms. The van der Waals surface area contributed by atoms with Crippen molar-refractivity contribution < 1.29 is 34.8 Å². The number of aliphatic hydroxyl groups excluding tert-OH is 2. The molecule has 4 saturated carbocycles. The molecule has 6 rings (SSSR count). The van der Waals surface area contributed by atoms with Crippen LogP contribution in [0.4, 0.5) is 0 Å². The molecule has 5 aliphatic rings. The van der Waals surface area contributed by atoms with E-state index in [4.69, 9.17) is 4.74 Å². The van der Waals surface area contributed by atoms with Gasteiger partial charge in [-0.3, -0.25) is 4.79 Å². The summed E-state index contributed by atoms with van der Waals surface area (Å²) in [5.41, 5.74) is 0.147. The molecule has 7 nitrogen and oxygen atoms in total.